The van der Waals surface area contributed by atoms with Gasteiger partial charge in [-0.05, 0) is 48.5 Å². The molecule has 1 aliphatic heterocycles. The van der Waals surface area contributed by atoms with Gasteiger partial charge in [0.15, 0.2) is 0 Å². The number of nitro groups is 1. The van der Waals surface area contributed by atoms with E-state index in [2.05, 4.69) is 4.98 Å². The number of hydrogen-bond acceptors (Lipinski definition) is 7. The number of sulfonamides is 1. The van der Waals surface area contributed by atoms with Crippen LogP contribution in [0.5, 0.6) is 0 Å². The van der Waals surface area contributed by atoms with E-state index in [9.17, 15) is 28.1 Å². The normalized spacial score (nSPS) is 14.5. The van der Waals surface area contributed by atoms with Crippen molar-refractivity contribution in [2.45, 2.75) is 4.90 Å². The Hall–Kier alpha value is -4.42. The van der Waals surface area contributed by atoms with Crippen LogP contribution in [-0.4, -0.2) is 64.2 Å². The summed E-state index contributed by atoms with van der Waals surface area (Å²) in [6.45, 7) is 0.588. The Bertz CT molecular complexity index is 1660. The largest absolute Gasteiger partial charge is 0.336 e. The zero-order valence-electron chi connectivity index (χ0n) is 19.4. The molecule has 0 radical (unpaired) electrons. The highest BCUT2D eigenvalue weighted by Gasteiger charge is 2.30. The van der Waals surface area contributed by atoms with Crippen molar-refractivity contribution >= 4 is 32.5 Å². The smallest absolute Gasteiger partial charge is 0.269 e. The zero-order chi connectivity index (χ0) is 26.2. The second kappa shape index (κ2) is 9.56. The third kappa shape index (κ3) is 4.59. The van der Waals surface area contributed by atoms with Crippen molar-refractivity contribution in [1.82, 2.24) is 18.8 Å². The first-order chi connectivity index (χ1) is 17.8. The monoisotopic (exact) mass is 519 g/mol. The van der Waals surface area contributed by atoms with E-state index >= 15 is 0 Å². The Morgan fingerprint density at radius 3 is 2.19 bits per heavy atom. The molecule has 0 aliphatic carbocycles. The minimum atomic E-state index is -3.84. The minimum Gasteiger partial charge on any atom is -0.336 e. The number of carbonyl (C=O) groups is 1. The Balaban J connectivity index is 1.27. The fourth-order valence-corrected chi connectivity index (χ4v) is 5.64. The summed E-state index contributed by atoms with van der Waals surface area (Å²) >= 11 is 0. The summed E-state index contributed by atoms with van der Waals surface area (Å²) in [4.78, 5) is 41.9. The number of fused-ring (bicyclic) bond motifs is 1. The summed E-state index contributed by atoms with van der Waals surface area (Å²) in [6, 6.07) is 18.4. The number of amides is 1. The number of hydrogen-bond donors (Lipinski definition) is 0. The van der Waals surface area contributed by atoms with Crippen LogP contribution in [0.1, 0.15) is 10.4 Å². The summed E-state index contributed by atoms with van der Waals surface area (Å²) in [5, 5.41) is 11.3. The SMILES string of the molecule is O=C(c1ccc(-n2cnc3ccccc3c2=O)cc1)N1CCN(S(=O)(=O)c2ccc([N+](=O)[O-])cc2)CC1. The lowest BCUT2D eigenvalue weighted by Gasteiger charge is -2.34. The average Bonchev–Trinajstić information content (AvgIpc) is 2.93. The number of rotatable bonds is 5. The van der Waals surface area contributed by atoms with Crippen LogP contribution >= 0.6 is 0 Å². The summed E-state index contributed by atoms with van der Waals surface area (Å²) in [7, 11) is -3.84. The predicted molar refractivity (Wildman–Crippen MR) is 135 cm³/mol. The van der Waals surface area contributed by atoms with E-state index in [-0.39, 0.29) is 48.2 Å². The maximum atomic E-state index is 13.0. The van der Waals surface area contributed by atoms with Gasteiger partial charge in [0.2, 0.25) is 10.0 Å². The van der Waals surface area contributed by atoms with Gasteiger partial charge in [0.05, 0.1) is 26.4 Å². The molecule has 12 heteroatoms. The van der Waals surface area contributed by atoms with Crippen LogP contribution in [0.25, 0.3) is 16.6 Å². The van der Waals surface area contributed by atoms with Crippen LogP contribution in [0.2, 0.25) is 0 Å². The summed E-state index contributed by atoms with van der Waals surface area (Å²) in [5.74, 6) is -0.247. The van der Waals surface area contributed by atoms with E-state index in [0.717, 1.165) is 12.1 Å². The van der Waals surface area contributed by atoms with Crippen LogP contribution in [0.3, 0.4) is 0 Å². The Morgan fingerprint density at radius 2 is 1.54 bits per heavy atom. The van der Waals surface area contributed by atoms with Crippen molar-refractivity contribution in [2.75, 3.05) is 26.2 Å². The third-order valence-corrected chi connectivity index (χ3v) is 8.18. The molecular formula is C25H21N5O6S. The molecule has 0 atom stereocenters. The lowest BCUT2D eigenvalue weighted by Crippen LogP contribution is -2.50. The van der Waals surface area contributed by atoms with Gasteiger partial charge in [-0.15, -0.1) is 0 Å². The van der Waals surface area contributed by atoms with E-state index in [1.807, 2.05) is 6.07 Å². The molecule has 5 rings (SSSR count). The minimum absolute atomic E-state index is 0.0353. The van der Waals surface area contributed by atoms with Crippen molar-refractivity contribution in [1.29, 1.82) is 0 Å². The standard InChI is InChI=1S/C25H21N5O6S/c31-24(18-5-7-19(8-6-18)29-17-26-23-4-2-1-3-22(23)25(29)32)27-13-15-28(16-14-27)37(35,36)21-11-9-20(10-12-21)30(33)34/h1-12,17H,13-16H2. The number of piperazine rings is 1. The van der Waals surface area contributed by atoms with Crippen molar-refractivity contribution < 1.29 is 18.1 Å². The Kier molecular flexibility index (Phi) is 6.27. The zero-order valence-corrected chi connectivity index (χ0v) is 20.2. The fraction of sp³-hybridized carbons (Fsp3) is 0.160. The molecule has 11 nitrogen and oxygen atoms in total. The summed E-state index contributed by atoms with van der Waals surface area (Å²) in [6.07, 6.45) is 1.45. The van der Waals surface area contributed by atoms with E-state index in [1.165, 1.54) is 27.3 Å². The van der Waals surface area contributed by atoms with Gasteiger partial charge in [0.1, 0.15) is 6.33 Å². The van der Waals surface area contributed by atoms with E-state index in [0.29, 0.717) is 22.2 Å². The molecule has 0 unspecified atom stereocenters. The van der Waals surface area contributed by atoms with Crippen LogP contribution in [0.4, 0.5) is 5.69 Å². The van der Waals surface area contributed by atoms with Crippen molar-refractivity contribution in [3.05, 3.63) is 105 Å². The number of aromatic nitrogens is 2. The lowest BCUT2D eigenvalue weighted by molar-refractivity contribution is -0.384. The number of nitrogens with zero attached hydrogens (tertiary/aromatic N) is 5. The first kappa shape index (κ1) is 24.3. The molecule has 188 valence electrons. The molecule has 2 heterocycles. The van der Waals surface area contributed by atoms with Crippen molar-refractivity contribution in [3.8, 4) is 5.69 Å². The van der Waals surface area contributed by atoms with Crippen LogP contribution < -0.4 is 5.56 Å². The Morgan fingerprint density at radius 1 is 0.892 bits per heavy atom. The van der Waals surface area contributed by atoms with Gasteiger partial charge in [-0.3, -0.25) is 24.3 Å². The summed E-state index contributed by atoms with van der Waals surface area (Å²) < 4.78 is 28.5. The summed E-state index contributed by atoms with van der Waals surface area (Å²) in [5.41, 5.74) is 1.18. The third-order valence-electron chi connectivity index (χ3n) is 6.27. The first-order valence-corrected chi connectivity index (χ1v) is 12.8. The van der Waals surface area contributed by atoms with Gasteiger partial charge in [-0.1, -0.05) is 12.1 Å². The molecule has 1 aromatic heterocycles. The average molecular weight is 520 g/mol. The lowest BCUT2D eigenvalue weighted by atomic mass is 10.1. The molecule has 4 aromatic rings. The molecule has 1 fully saturated rings. The van der Waals surface area contributed by atoms with E-state index in [1.54, 1.807) is 47.4 Å². The van der Waals surface area contributed by atoms with Gasteiger partial charge < -0.3 is 4.90 Å². The molecule has 1 amide bonds. The van der Waals surface area contributed by atoms with Gasteiger partial charge >= 0.3 is 0 Å². The molecule has 1 saturated heterocycles. The van der Waals surface area contributed by atoms with Crippen LogP contribution in [0, 0.1) is 10.1 Å². The van der Waals surface area contributed by atoms with Gasteiger partial charge in [0, 0.05) is 43.9 Å². The fourth-order valence-electron chi connectivity index (χ4n) is 4.22. The topological polar surface area (TPSA) is 136 Å². The van der Waals surface area contributed by atoms with Gasteiger partial charge in [-0.25, -0.2) is 13.4 Å². The second-order valence-corrected chi connectivity index (χ2v) is 10.4. The van der Waals surface area contributed by atoms with Gasteiger partial charge in [0.25, 0.3) is 17.2 Å². The van der Waals surface area contributed by atoms with Crippen molar-refractivity contribution in [2.24, 2.45) is 0 Å². The highest BCUT2D eigenvalue weighted by Crippen LogP contribution is 2.21. The first-order valence-electron chi connectivity index (χ1n) is 11.4. The molecule has 0 spiro atoms. The van der Waals surface area contributed by atoms with Crippen LogP contribution in [-0.2, 0) is 10.0 Å². The molecule has 0 N–H and O–H groups in total. The maximum Gasteiger partial charge on any atom is 0.269 e. The quantitative estimate of drug-likeness (QED) is 0.292. The van der Waals surface area contributed by atoms with Crippen molar-refractivity contribution in [3.63, 3.8) is 0 Å². The molecule has 0 bridgehead atoms. The molecule has 37 heavy (non-hydrogen) atoms. The number of para-hydroxylation sites is 1. The number of benzene rings is 3. The number of nitro benzene ring substituents is 1. The molecule has 3 aromatic carbocycles. The van der Waals surface area contributed by atoms with E-state index in [4.69, 9.17) is 0 Å². The predicted octanol–water partition coefficient (Wildman–Crippen LogP) is 2.44. The highest BCUT2D eigenvalue weighted by atomic mass is 32.2. The van der Waals surface area contributed by atoms with Gasteiger partial charge in [-0.2, -0.15) is 4.31 Å². The maximum absolute atomic E-state index is 13.0. The Labute approximate surface area is 211 Å². The van der Waals surface area contributed by atoms with Crippen LogP contribution in [0.15, 0.2) is 88.8 Å². The number of non-ortho nitro benzene ring substituents is 1. The molecule has 0 saturated carbocycles. The molecular weight excluding hydrogens is 498 g/mol. The highest BCUT2D eigenvalue weighted by molar-refractivity contribution is 7.89. The molecule has 1 aliphatic rings. The van der Waals surface area contributed by atoms with E-state index < -0.39 is 14.9 Å². The number of carbonyl (C=O) groups excluding carboxylic acids is 1. The second-order valence-electron chi connectivity index (χ2n) is 8.43.